The molecule has 0 spiro atoms. The lowest BCUT2D eigenvalue weighted by atomic mass is 10.2. The summed E-state index contributed by atoms with van der Waals surface area (Å²) < 4.78 is 1.73. The molecule has 0 unspecified atom stereocenters. The van der Waals surface area contributed by atoms with E-state index in [4.69, 9.17) is 10.7 Å². The molecule has 172 valence electrons. The van der Waals surface area contributed by atoms with Crippen LogP contribution in [0.4, 0.5) is 33.6 Å². The van der Waals surface area contributed by atoms with Crippen LogP contribution in [0.3, 0.4) is 0 Å². The zero-order chi connectivity index (χ0) is 23.7. The van der Waals surface area contributed by atoms with Crippen molar-refractivity contribution in [2.45, 2.75) is 19.9 Å². The van der Waals surface area contributed by atoms with Crippen molar-refractivity contribution in [1.82, 2.24) is 24.6 Å². The Kier molecular flexibility index (Phi) is 5.59. The predicted octanol–water partition coefficient (Wildman–Crippen LogP) is 4.16. The molecule has 0 bridgehead atoms. The van der Waals surface area contributed by atoms with Gasteiger partial charge in [0.15, 0.2) is 0 Å². The highest BCUT2D eigenvalue weighted by Gasteiger charge is 2.31. The van der Waals surface area contributed by atoms with Gasteiger partial charge in [0, 0.05) is 43.8 Å². The Labute approximate surface area is 197 Å². The second kappa shape index (κ2) is 8.86. The van der Waals surface area contributed by atoms with Crippen LogP contribution in [0, 0.1) is 6.92 Å². The number of benzene rings is 2. The van der Waals surface area contributed by atoms with E-state index in [0.717, 1.165) is 22.5 Å². The maximum absolute atomic E-state index is 13.9. The van der Waals surface area contributed by atoms with Crippen LogP contribution >= 0.6 is 0 Å². The third-order valence-electron chi connectivity index (χ3n) is 5.77. The Morgan fingerprint density at radius 1 is 1.12 bits per heavy atom. The third kappa shape index (κ3) is 4.27. The summed E-state index contributed by atoms with van der Waals surface area (Å²) in [4.78, 5) is 26.6. The minimum absolute atomic E-state index is 0.157. The zero-order valence-electron chi connectivity index (χ0n) is 19.1. The Hall–Kier alpha value is -4.40. The normalized spacial score (nSPS) is 13.5. The monoisotopic (exact) mass is 454 g/mol. The molecule has 5 rings (SSSR count). The van der Waals surface area contributed by atoms with Crippen molar-refractivity contribution in [3.8, 4) is 0 Å². The minimum Gasteiger partial charge on any atom is -0.399 e. The Balaban J connectivity index is 1.55. The van der Waals surface area contributed by atoms with Gasteiger partial charge >= 0.3 is 6.03 Å². The number of urea groups is 1. The van der Waals surface area contributed by atoms with Gasteiger partial charge in [-0.25, -0.2) is 14.7 Å². The number of nitrogens with one attached hydrogen (secondary N) is 1. The number of fused-ring (bicyclic) bond motifs is 1. The van der Waals surface area contributed by atoms with E-state index in [1.165, 1.54) is 0 Å². The number of anilines is 5. The summed E-state index contributed by atoms with van der Waals surface area (Å²) in [6.07, 6.45) is 4.29. The van der Waals surface area contributed by atoms with Gasteiger partial charge in [0.2, 0.25) is 5.95 Å². The average Bonchev–Trinajstić information content (AvgIpc) is 3.07. The maximum Gasteiger partial charge on any atom is 0.330 e. The molecule has 2 aromatic heterocycles. The number of carbonyl (C=O) groups excluding carboxylic acids is 1. The lowest BCUT2D eigenvalue weighted by Crippen LogP contribution is -2.40. The molecule has 2 amide bonds. The summed E-state index contributed by atoms with van der Waals surface area (Å²) in [5, 5.41) is 7.59. The van der Waals surface area contributed by atoms with Gasteiger partial charge in [0.05, 0.1) is 17.1 Å². The first-order valence-corrected chi connectivity index (χ1v) is 11.1. The fourth-order valence-electron chi connectivity index (χ4n) is 4.10. The fourth-order valence-corrected chi connectivity index (χ4v) is 4.10. The van der Waals surface area contributed by atoms with E-state index in [0.29, 0.717) is 42.7 Å². The van der Waals surface area contributed by atoms with Gasteiger partial charge in [-0.3, -0.25) is 4.68 Å². The van der Waals surface area contributed by atoms with Crippen LogP contribution in [0.2, 0.25) is 0 Å². The molecule has 1 aliphatic heterocycles. The van der Waals surface area contributed by atoms with E-state index in [1.54, 1.807) is 27.9 Å². The molecule has 0 radical (unpaired) electrons. The number of hydrogen-bond donors (Lipinski definition) is 2. The SMILES string of the molecule is Cc1nn(C)cc1Nc1ncc2c(n1)N(c1cccc(N)c1)C(=O)N(Cc1ccccc1)CC2. The first-order valence-electron chi connectivity index (χ1n) is 11.1. The molecule has 1 aliphatic rings. The molecule has 34 heavy (non-hydrogen) atoms. The number of carbonyl (C=O) groups is 1. The highest BCUT2D eigenvalue weighted by atomic mass is 16.2. The van der Waals surface area contributed by atoms with E-state index in [1.807, 2.05) is 67.5 Å². The molecular formula is C25H26N8O. The summed E-state index contributed by atoms with van der Waals surface area (Å²) in [6, 6.07) is 17.1. The Morgan fingerprint density at radius 2 is 1.94 bits per heavy atom. The van der Waals surface area contributed by atoms with Crippen LogP contribution in [0.25, 0.3) is 0 Å². The number of rotatable bonds is 5. The molecule has 0 fully saturated rings. The number of nitrogens with two attached hydrogens (primary N) is 1. The van der Waals surface area contributed by atoms with Crippen LogP contribution < -0.4 is 16.0 Å². The van der Waals surface area contributed by atoms with Crippen molar-refractivity contribution < 1.29 is 4.79 Å². The molecule has 9 nitrogen and oxygen atoms in total. The maximum atomic E-state index is 13.9. The standard InChI is InChI=1S/C25H26N8O/c1-17-22(16-31(2)30-17)28-24-27-14-19-11-12-32(15-18-7-4-3-5-8-18)25(34)33(23(19)29-24)21-10-6-9-20(26)13-21/h3-10,13-14,16H,11-12,15,26H2,1-2H3,(H,27,28,29). The summed E-state index contributed by atoms with van der Waals surface area (Å²) >= 11 is 0. The van der Waals surface area contributed by atoms with Crippen LogP contribution in [0.1, 0.15) is 16.8 Å². The summed E-state index contributed by atoms with van der Waals surface area (Å²) in [5.74, 6) is 0.943. The summed E-state index contributed by atoms with van der Waals surface area (Å²) in [7, 11) is 1.86. The van der Waals surface area contributed by atoms with Gasteiger partial charge < -0.3 is 16.0 Å². The quantitative estimate of drug-likeness (QED) is 0.439. The van der Waals surface area contributed by atoms with E-state index >= 15 is 0 Å². The predicted molar refractivity (Wildman–Crippen MR) is 132 cm³/mol. The molecule has 2 aromatic carbocycles. The molecule has 0 saturated heterocycles. The highest BCUT2D eigenvalue weighted by molar-refractivity contribution is 6.00. The highest BCUT2D eigenvalue weighted by Crippen LogP contribution is 2.33. The molecule has 3 N–H and O–H groups in total. The zero-order valence-corrected chi connectivity index (χ0v) is 19.1. The van der Waals surface area contributed by atoms with Crippen molar-refractivity contribution in [2.75, 3.05) is 22.5 Å². The van der Waals surface area contributed by atoms with Crippen molar-refractivity contribution in [2.24, 2.45) is 7.05 Å². The van der Waals surface area contributed by atoms with Crippen LogP contribution in [-0.2, 0) is 20.0 Å². The number of aryl methyl sites for hydroxylation is 2. The molecular weight excluding hydrogens is 428 g/mol. The lowest BCUT2D eigenvalue weighted by molar-refractivity contribution is 0.206. The van der Waals surface area contributed by atoms with Crippen molar-refractivity contribution >= 4 is 34.9 Å². The largest absolute Gasteiger partial charge is 0.399 e. The van der Waals surface area contributed by atoms with E-state index in [9.17, 15) is 4.79 Å². The number of amides is 2. The summed E-state index contributed by atoms with van der Waals surface area (Å²) in [5.41, 5.74) is 10.9. The Morgan fingerprint density at radius 3 is 2.68 bits per heavy atom. The van der Waals surface area contributed by atoms with Crippen LogP contribution in [0.15, 0.2) is 67.0 Å². The summed E-state index contributed by atoms with van der Waals surface area (Å²) in [6.45, 7) is 2.97. The van der Waals surface area contributed by atoms with Crippen LogP contribution in [-0.4, -0.2) is 37.2 Å². The fraction of sp³-hybridized carbons (Fsp3) is 0.200. The van der Waals surface area contributed by atoms with Gasteiger partial charge in [0.1, 0.15) is 5.82 Å². The van der Waals surface area contributed by atoms with Gasteiger partial charge in [0.25, 0.3) is 0 Å². The average molecular weight is 455 g/mol. The topological polar surface area (TPSA) is 105 Å². The number of hydrogen-bond acceptors (Lipinski definition) is 6. The molecule has 3 heterocycles. The molecule has 0 atom stereocenters. The van der Waals surface area contributed by atoms with E-state index < -0.39 is 0 Å². The van der Waals surface area contributed by atoms with E-state index in [-0.39, 0.29) is 6.03 Å². The van der Waals surface area contributed by atoms with Gasteiger partial charge in [-0.1, -0.05) is 36.4 Å². The number of nitrogen functional groups attached to an aromatic ring is 1. The van der Waals surface area contributed by atoms with Crippen LogP contribution in [0.5, 0.6) is 0 Å². The molecule has 0 aliphatic carbocycles. The van der Waals surface area contributed by atoms with Gasteiger partial charge in [-0.15, -0.1) is 0 Å². The third-order valence-corrected chi connectivity index (χ3v) is 5.77. The second-order valence-electron chi connectivity index (χ2n) is 8.34. The first kappa shape index (κ1) is 21.4. The molecule has 9 heteroatoms. The van der Waals surface area contributed by atoms with Crippen molar-refractivity contribution in [3.63, 3.8) is 0 Å². The van der Waals surface area contributed by atoms with Crippen molar-refractivity contribution in [3.05, 3.63) is 83.8 Å². The minimum atomic E-state index is -0.157. The molecule has 4 aromatic rings. The Bertz CT molecular complexity index is 1330. The van der Waals surface area contributed by atoms with Gasteiger partial charge in [-0.2, -0.15) is 10.1 Å². The second-order valence-corrected chi connectivity index (χ2v) is 8.34. The molecule has 0 saturated carbocycles. The van der Waals surface area contributed by atoms with E-state index in [2.05, 4.69) is 15.4 Å². The smallest absolute Gasteiger partial charge is 0.330 e. The van der Waals surface area contributed by atoms with Crippen molar-refractivity contribution in [1.29, 1.82) is 0 Å². The number of aromatic nitrogens is 4. The first-order chi connectivity index (χ1) is 16.5. The number of nitrogens with zero attached hydrogens (tertiary/aromatic N) is 6. The lowest BCUT2D eigenvalue weighted by Gasteiger charge is -2.28. The van der Waals surface area contributed by atoms with Gasteiger partial charge in [-0.05, 0) is 37.1 Å².